The second-order valence-corrected chi connectivity index (χ2v) is 7.26. The fraction of sp³-hybridized carbons (Fsp3) is 0.417. The van der Waals surface area contributed by atoms with Gasteiger partial charge in [0.2, 0.25) is 10.0 Å². The van der Waals surface area contributed by atoms with Crippen molar-refractivity contribution in [1.29, 1.82) is 0 Å². The number of nitrogens with zero attached hydrogens (tertiary/aromatic N) is 1. The Balaban J connectivity index is 2.29. The highest BCUT2D eigenvalue weighted by atomic mass is 32.2. The Hall–Kier alpha value is -1.56. The first-order valence-electron chi connectivity index (χ1n) is 5.70. The van der Waals surface area contributed by atoms with Crippen molar-refractivity contribution in [1.82, 2.24) is 10.2 Å². The van der Waals surface area contributed by atoms with Crippen LogP contribution < -0.4 is 4.72 Å². The summed E-state index contributed by atoms with van der Waals surface area (Å²) >= 11 is 0. The molecule has 0 aliphatic rings. The van der Waals surface area contributed by atoms with E-state index in [0.717, 1.165) is 10.9 Å². The van der Waals surface area contributed by atoms with E-state index in [1.54, 1.807) is 0 Å². The van der Waals surface area contributed by atoms with Crippen LogP contribution in [0.5, 0.6) is 0 Å². The minimum absolute atomic E-state index is 0.0567. The number of hydrogen-bond donors (Lipinski definition) is 2. The lowest BCUT2D eigenvalue weighted by atomic mass is 10.0. The number of aromatic nitrogens is 2. The van der Waals surface area contributed by atoms with Crippen molar-refractivity contribution in [2.45, 2.75) is 20.8 Å². The maximum Gasteiger partial charge on any atom is 0.234 e. The fourth-order valence-electron chi connectivity index (χ4n) is 1.79. The number of aromatic amines is 1. The number of H-pyrrole nitrogens is 1. The van der Waals surface area contributed by atoms with Crippen LogP contribution in [-0.2, 0) is 10.0 Å². The number of para-hydroxylation sites is 1. The number of fused-ring (bicyclic) bond motifs is 1. The molecular formula is C12H17N3O2S. The first-order valence-corrected chi connectivity index (χ1v) is 7.36. The van der Waals surface area contributed by atoms with Crippen LogP contribution in [-0.4, -0.2) is 24.4 Å². The molecule has 1 heterocycles. The van der Waals surface area contributed by atoms with Crippen LogP contribution in [0.25, 0.3) is 10.9 Å². The maximum absolute atomic E-state index is 12.0. The lowest BCUT2D eigenvalue weighted by Crippen LogP contribution is -2.26. The number of rotatable bonds is 3. The summed E-state index contributed by atoms with van der Waals surface area (Å²) in [5.41, 5.74) is 0.517. The molecule has 98 valence electrons. The Morgan fingerprint density at radius 1 is 1.28 bits per heavy atom. The zero-order valence-electron chi connectivity index (χ0n) is 10.7. The third-order valence-electron chi connectivity index (χ3n) is 2.35. The molecule has 0 spiro atoms. The van der Waals surface area contributed by atoms with Gasteiger partial charge in [-0.2, -0.15) is 5.10 Å². The van der Waals surface area contributed by atoms with Crippen molar-refractivity contribution in [2.24, 2.45) is 5.41 Å². The van der Waals surface area contributed by atoms with Crippen LogP contribution in [0.3, 0.4) is 0 Å². The number of benzene rings is 1. The van der Waals surface area contributed by atoms with E-state index in [1.807, 2.05) is 45.0 Å². The first kappa shape index (κ1) is 12.9. The van der Waals surface area contributed by atoms with Gasteiger partial charge in [0.1, 0.15) is 0 Å². The summed E-state index contributed by atoms with van der Waals surface area (Å²) in [6.45, 7) is 5.65. The number of hydrogen-bond acceptors (Lipinski definition) is 3. The van der Waals surface area contributed by atoms with Gasteiger partial charge >= 0.3 is 0 Å². The van der Waals surface area contributed by atoms with Crippen molar-refractivity contribution in [3.8, 4) is 0 Å². The van der Waals surface area contributed by atoms with Gasteiger partial charge in [-0.3, -0.25) is 9.82 Å². The topological polar surface area (TPSA) is 74.8 Å². The summed E-state index contributed by atoms with van der Waals surface area (Å²) in [4.78, 5) is 0. The van der Waals surface area contributed by atoms with Gasteiger partial charge in [0.25, 0.3) is 0 Å². The van der Waals surface area contributed by atoms with E-state index in [9.17, 15) is 8.42 Å². The molecule has 2 rings (SSSR count). The van der Waals surface area contributed by atoms with Crippen molar-refractivity contribution in [2.75, 3.05) is 10.5 Å². The molecule has 0 aliphatic carbocycles. The highest BCUT2D eigenvalue weighted by Gasteiger charge is 2.22. The number of nitrogens with one attached hydrogen (secondary N) is 2. The van der Waals surface area contributed by atoms with Crippen LogP contribution in [0, 0.1) is 5.41 Å². The van der Waals surface area contributed by atoms with E-state index in [0.29, 0.717) is 5.82 Å². The molecule has 6 heteroatoms. The number of anilines is 1. The molecule has 1 aromatic carbocycles. The summed E-state index contributed by atoms with van der Waals surface area (Å²) in [5, 5.41) is 7.56. The monoisotopic (exact) mass is 267 g/mol. The summed E-state index contributed by atoms with van der Waals surface area (Å²) in [7, 11) is -3.39. The van der Waals surface area contributed by atoms with Crippen LogP contribution in [0.4, 0.5) is 5.82 Å². The molecule has 0 saturated carbocycles. The van der Waals surface area contributed by atoms with Crippen molar-refractivity contribution >= 4 is 26.7 Å². The Morgan fingerprint density at radius 2 is 1.94 bits per heavy atom. The molecule has 0 radical (unpaired) electrons. The van der Waals surface area contributed by atoms with E-state index in [1.165, 1.54) is 0 Å². The molecular weight excluding hydrogens is 250 g/mol. The van der Waals surface area contributed by atoms with Gasteiger partial charge in [0, 0.05) is 5.39 Å². The fourth-order valence-corrected chi connectivity index (χ4v) is 3.46. The second-order valence-electron chi connectivity index (χ2n) is 5.54. The highest BCUT2D eigenvalue weighted by molar-refractivity contribution is 7.92. The smallest absolute Gasteiger partial charge is 0.234 e. The van der Waals surface area contributed by atoms with Gasteiger partial charge in [-0.05, 0) is 17.5 Å². The van der Waals surface area contributed by atoms with Gasteiger partial charge in [-0.15, -0.1) is 0 Å². The minimum Gasteiger partial charge on any atom is -0.276 e. The van der Waals surface area contributed by atoms with Gasteiger partial charge < -0.3 is 0 Å². The molecule has 0 unspecified atom stereocenters. The Kier molecular flexibility index (Phi) is 3.06. The summed E-state index contributed by atoms with van der Waals surface area (Å²) in [6.07, 6.45) is 0. The predicted octanol–water partition coefficient (Wildman–Crippen LogP) is 2.35. The van der Waals surface area contributed by atoms with E-state index in [4.69, 9.17) is 0 Å². The van der Waals surface area contributed by atoms with Gasteiger partial charge in [0.05, 0.1) is 11.3 Å². The van der Waals surface area contributed by atoms with Crippen LogP contribution in [0.2, 0.25) is 0 Å². The van der Waals surface area contributed by atoms with Gasteiger partial charge in [-0.1, -0.05) is 32.9 Å². The summed E-state index contributed by atoms with van der Waals surface area (Å²) < 4.78 is 26.5. The predicted molar refractivity (Wildman–Crippen MR) is 73.0 cm³/mol. The molecule has 0 fully saturated rings. The van der Waals surface area contributed by atoms with E-state index >= 15 is 0 Å². The standard InChI is InChI=1S/C12H17N3O2S/c1-12(2,3)8-18(16,17)15-11-9-6-4-5-7-10(9)13-14-11/h4-7H,8H2,1-3H3,(H2,13,14,15). The normalized spacial score (nSPS) is 12.8. The average Bonchev–Trinajstić information content (AvgIpc) is 2.57. The van der Waals surface area contributed by atoms with Crippen molar-refractivity contribution in [3.05, 3.63) is 24.3 Å². The van der Waals surface area contributed by atoms with Crippen molar-refractivity contribution < 1.29 is 8.42 Å². The maximum atomic E-state index is 12.0. The molecule has 0 bridgehead atoms. The number of sulfonamides is 1. The Morgan fingerprint density at radius 3 is 2.61 bits per heavy atom. The molecule has 2 aromatic rings. The largest absolute Gasteiger partial charge is 0.276 e. The van der Waals surface area contributed by atoms with Gasteiger partial charge in [-0.25, -0.2) is 8.42 Å². The SMILES string of the molecule is CC(C)(C)CS(=O)(=O)Nc1n[nH]c2ccccc12. The zero-order chi connectivity index (χ0) is 13.4. The Labute approximate surface area is 107 Å². The molecule has 0 saturated heterocycles. The van der Waals surface area contributed by atoms with Gasteiger partial charge in [0.15, 0.2) is 5.82 Å². The molecule has 2 N–H and O–H groups in total. The third kappa shape index (κ3) is 3.01. The molecule has 0 amide bonds. The second kappa shape index (κ2) is 4.28. The van der Waals surface area contributed by atoms with Crippen LogP contribution >= 0.6 is 0 Å². The molecule has 0 atom stereocenters. The lowest BCUT2D eigenvalue weighted by molar-refractivity contribution is 0.463. The van der Waals surface area contributed by atoms with Crippen LogP contribution in [0.1, 0.15) is 20.8 Å². The molecule has 1 aromatic heterocycles. The summed E-state index contributed by atoms with van der Waals surface area (Å²) in [6, 6.07) is 7.39. The average molecular weight is 267 g/mol. The zero-order valence-corrected chi connectivity index (χ0v) is 11.5. The molecule has 5 nitrogen and oxygen atoms in total. The first-order chi connectivity index (χ1) is 8.27. The molecule has 0 aliphatic heterocycles. The summed E-state index contributed by atoms with van der Waals surface area (Å²) in [5.74, 6) is 0.413. The minimum atomic E-state index is -3.39. The van der Waals surface area contributed by atoms with Crippen molar-refractivity contribution in [3.63, 3.8) is 0 Å². The van der Waals surface area contributed by atoms with E-state index in [-0.39, 0.29) is 11.2 Å². The Bertz CT molecular complexity index is 653. The van der Waals surface area contributed by atoms with E-state index in [2.05, 4.69) is 14.9 Å². The third-order valence-corrected chi connectivity index (χ3v) is 4.10. The molecule has 18 heavy (non-hydrogen) atoms. The van der Waals surface area contributed by atoms with Crippen LogP contribution in [0.15, 0.2) is 24.3 Å². The quantitative estimate of drug-likeness (QED) is 0.896. The highest BCUT2D eigenvalue weighted by Crippen LogP contribution is 2.23. The lowest BCUT2D eigenvalue weighted by Gasteiger charge is -2.18. The van der Waals surface area contributed by atoms with E-state index < -0.39 is 10.0 Å².